The summed E-state index contributed by atoms with van der Waals surface area (Å²) in [5, 5.41) is 3.16. The summed E-state index contributed by atoms with van der Waals surface area (Å²) >= 11 is 6.06. The standard InChI is InChI=1S/C16H16ClFN2O/c1-10-4-5-11(9-19-10)15(21)20-16(2,3)13-7-6-12(18)8-14(13)17/h4-9H,1-3H3,(H,20,21). The van der Waals surface area contributed by atoms with Gasteiger partial charge in [-0.1, -0.05) is 17.7 Å². The van der Waals surface area contributed by atoms with E-state index in [1.165, 1.54) is 18.3 Å². The average molecular weight is 307 g/mol. The Morgan fingerprint density at radius 2 is 2.00 bits per heavy atom. The molecule has 0 spiro atoms. The van der Waals surface area contributed by atoms with Crippen molar-refractivity contribution in [3.05, 3.63) is 64.2 Å². The molecular formula is C16H16ClFN2O. The molecule has 3 nitrogen and oxygen atoms in total. The topological polar surface area (TPSA) is 42.0 Å². The third-order valence-electron chi connectivity index (χ3n) is 3.20. The van der Waals surface area contributed by atoms with Crippen molar-refractivity contribution in [2.24, 2.45) is 0 Å². The molecule has 0 aliphatic heterocycles. The second-order valence-corrected chi connectivity index (χ2v) is 5.80. The Balaban J connectivity index is 2.24. The maximum atomic E-state index is 13.1. The van der Waals surface area contributed by atoms with Crippen LogP contribution in [0.4, 0.5) is 4.39 Å². The molecule has 1 N–H and O–H groups in total. The summed E-state index contributed by atoms with van der Waals surface area (Å²) in [6.07, 6.45) is 1.52. The molecule has 0 saturated carbocycles. The summed E-state index contributed by atoms with van der Waals surface area (Å²) in [7, 11) is 0. The van der Waals surface area contributed by atoms with Gasteiger partial charge < -0.3 is 5.32 Å². The Kier molecular flexibility index (Phi) is 4.28. The first kappa shape index (κ1) is 15.4. The molecule has 2 rings (SSSR count). The molecule has 0 unspecified atom stereocenters. The number of aryl methyl sites for hydroxylation is 1. The number of nitrogens with one attached hydrogen (secondary N) is 1. The van der Waals surface area contributed by atoms with Gasteiger partial charge in [-0.25, -0.2) is 4.39 Å². The zero-order valence-electron chi connectivity index (χ0n) is 12.1. The lowest BCUT2D eigenvalue weighted by atomic mass is 9.93. The van der Waals surface area contributed by atoms with Gasteiger partial charge in [0.2, 0.25) is 0 Å². The minimum atomic E-state index is -0.729. The summed E-state index contributed by atoms with van der Waals surface area (Å²) in [6, 6.07) is 7.61. The summed E-state index contributed by atoms with van der Waals surface area (Å²) < 4.78 is 13.1. The zero-order chi connectivity index (χ0) is 15.6. The third kappa shape index (κ3) is 3.58. The van der Waals surface area contributed by atoms with Crippen molar-refractivity contribution in [1.82, 2.24) is 10.3 Å². The molecule has 0 bridgehead atoms. The number of halogens is 2. The molecule has 1 aromatic heterocycles. The normalized spacial score (nSPS) is 11.3. The molecule has 0 saturated heterocycles. The lowest BCUT2D eigenvalue weighted by molar-refractivity contribution is 0.0911. The Morgan fingerprint density at radius 3 is 2.57 bits per heavy atom. The van der Waals surface area contributed by atoms with E-state index in [4.69, 9.17) is 11.6 Å². The predicted molar refractivity (Wildman–Crippen MR) is 80.9 cm³/mol. The average Bonchev–Trinajstić information content (AvgIpc) is 2.38. The van der Waals surface area contributed by atoms with Crippen LogP contribution in [0.2, 0.25) is 5.02 Å². The van der Waals surface area contributed by atoms with Crippen LogP contribution in [-0.2, 0) is 5.54 Å². The molecule has 0 atom stereocenters. The van der Waals surface area contributed by atoms with E-state index in [2.05, 4.69) is 10.3 Å². The van der Waals surface area contributed by atoms with E-state index >= 15 is 0 Å². The largest absolute Gasteiger partial charge is 0.343 e. The quantitative estimate of drug-likeness (QED) is 0.936. The maximum Gasteiger partial charge on any atom is 0.253 e. The van der Waals surface area contributed by atoms with Gasteiger partial charge in [0.05, 0.1) is 11.1 Å². The van der Waals surface area contributed by atoms with E-state index in [1.54, 1.807) is 18.2 Å². The van der Waals surface area contributed by atoms with Gasteiger partial charge in [0.25, 0.3) is 5.91 Å². The Morgan fingerprint density at radius 1 is 1.29 bits per heavy atom. The van der Waals surface area contributed by atoms with Gasteiger partial charge >= 0.3 is 0 Å². The number of pyridine rings is 1. The van der Waals surface area contributed by atoms with E-state index in [1.807, 2.05) is 20.8 Å². The molecule has 110 valence electrons. The number of aromatic nitrogens is 1. The second-order valence-electron chi connectivity index (χ2n) is 5.39. The van der Waals surface area contributed by atoms with Gasteiger partial charge in [-0.3, -0.25) is 9.78 Å². The van der Waals surface area contributed by atoms with Gasteiger partial charge in [0.1, 0.15) is 5.82 Å². The maximum absolute atomic E-state index is 13.1. The highest BCUT2D eigenvalue weighted by molar-refractivity contribution is 6.31. The van der Waals surface area contributed by atoms with Crippen molar-refractivity contribution < 1.29 is 9.18 Å². The number of hydrogen-bond acceptors (Lipinski definition) is 2. The first-order chi connectivity index (χ1) is 9.79. The highest BCUT2D eigenvalue weighted by Gasteiger charge is 2.26. The van der Waals surface area contributed by atoms with Crippen molar-refractivity contribution in [2.45, 2.75) is 26.3 Å². The van der Waals surface area contributed by atoms with Crippen molar-refractivity contribution in [2.75, 3.05) is 0 Å². The lowest BCUT2D eigenvalue weighted by Gasteiger charge is -2.28. The van der Waals surface area contributed by atoms with Crippen LogP contribution in [0.3, 0.4) is 0 Å². The van der Waals surface area contributed by atoms with Crippen LogP contribution >= 0.6 is 11.6 Å². The van der Waals surface area contributed by atoms with Crippen molar-refractivity contribution in [1.29, 1.82) is 0 Å². The summed E-state index contributed by atoms with van der Waals surface area (Å²) in [5.41, 5.74) is 1.23. The van der Waals surface area contributed by atoms with Crippen LogP contribution in [0.25, 0.3) is 0 Å². The summed E-state index contributed by atoms with van der Waals surface area (Å²) in [5.74, 6) is -0.665. The van der Waals surface area contributed by atoms with E-state index in [9.17, 15) is 9.18 Å². The molecule has 5 heteroatoms. The first-order valence-electron chi connectivity index (χ1n) is 6.50. The molecule has 2 aromatic rings. The number of carbonyl (C=O) groups excluding carboxylic acids is 1. The summed E-state index contributed by atoms with van der Waals surface area (Å²) in [6.45, 7) is 5.47. The second kappa shape index (κ2) is 5.82. The van der Waals surface area contributed by atoms with Gasteiger partial charge in [-0.05, 0) is 50.6 Å². The molecule has 1 amide bonds. The number of benzene rings is 1. The zero-order valence-corrected chi connectivity index (χ0v) is 12.8. The van der Waals surface area contributed by atoms with Gasteiger partial charge in [0, 0.05) is 16.9 Å². The van der Waals surface area contributed by atoms with Crippen molar-refractivity contribution >= 4 is 17.5 Å². The Labute approximate surface area is 128 Å². The van der Waals surface area contributed by atoms with Gasteiger partial charge in [0.15, 0.2) is 0 Å². The SMILES string of the molecule is Cc1ccc(C(=O)NC(C)(C)c2ccc(F)cc2Cl)cn1. The van der Waals surface area contributed by atoms with Gasteiger partial charge in [-0.2, -0.15) is 0 Å². The smallest absolute Gasteiger partial charge is 0.253 e. The van der Waals surface area contributed by atoms with Crippen LogP contribution in [-0.4, -0.2) is 10.9 Å². The first-order valence-corrected chi connectivity index (χ1v) is 6.88. The molecular weight excluding hydrogens is 291 g/mol. The summed E-state index contributed by atoms with van der Waals surface area (Å²) in [4.78, 5) is 16.4. The molecule has 1 heterocycles. The van der Waals surface area contributed by atoms with Crippen LogP contribution in [0.1, 0.15) is 35.5 Å². The fraction of sp³-hybridized carbons (Fsp3) is 0.250. The van der Waals surface area contributed by atoms with E-state index in [0.29, 0.717) is 11.1 Å². The van der Waals surface area contributed by atoms with Crippen LogP contribution in [0.15, 0.2) is 36.5 Å². The third-order valence-corrected chi connectivity index (χ3v) is 3.52. The number of rotatable bonds is 3. The van der Waals surface area contributed by atoms with E-state index in [-0.39, 0.29) is 10.9 Å². The predicted octanol–water partition coefficient (Wildman–Crippen LogP) is 3.85. The minimum absolute atomic E-state index is 0.257. The van der Waals surface area contributed by atoms with Crippen molar-refractivity contribution in [3.63, 3.8) is 0 Å². The number of carbonyl (C=O) groups is 1. The fourth-order valence-electron chi connectivity index (χ4n) is 2.02. The van der Waals surface area contributed by atoms with E-state index in [0.717, 1.165) is 5.69 Å². The fourth-order valence-corrected chi connectivity index (χ4v) is 2.43. The highest BCUT2D eigenvalue weighted by atomic mass is 35.5. The Hall–Kier alpha value is -1.94. The van der Waals surface area contributed by atoms with E-state index < -0.39 is 11.4 Å². The number of nitrogens with zero attached hydrogens (tertiary/aromatic N) is 1. The van der Waals surface area contributed by atoms with Crippen LogP contribution < -0.4 is 5.32 Å². The minimum Gasteiger partial charge on any atom is -0.343 e. The van der Waals surface area contributed by atoms with Gasteiger partial charge in [-0.15, -0.1) is 0 Å². The lowest BCUT2D eigenvalue weighted by Crippen LogP contribution is -2.41. The molecule has 0 radical (unpaired) electrons. The molecule has 0 fully saturated rings. The molecule has 0 aliphatic rings. The Bertz CT molecular complexity index is 668. The number of amides is 1. The highest BCUT2D eigenvalue weighted by Crippen LogP contribution is 2.28. The number of hydrogen-bond donors (Lipinski definition) is 1. The van der Waals surface area contributed by atoms with Crippen LogP contribution in [0.5, 0.6) is 0 Å². The molecule has 0 aliphatic carbocycles. The van der Waals surface area contributed by atoms with Crippen LogP contribution in [0, 0.1) is 12.7 Å². The van der Waals surface area contributed by atoms with Crippen molar-refractivity contribution in [3.8, 4) is 0 Å². The molecule has 21 heavy (non-hydrogen) atoms. The molecule has 1 aromatic carbocycles. The monoisotopic (exact) mass is 306 g/mol.